The highest BCUT2D eigenvalue weighted by molar-refractivity contribution is 9.11. The van der Waals surface area contributed by atoms with Crippen molar-refractivity contribution in [1.82, 2.24) is 4.57 Å². The van der Waals surface area contributed by atoms with Crippen LogP contribution >= 0.6 is 31.9 Å². The van der Waals surface area contributed by atoms with Crippen LogP contribution in [0.3, 0.4) is 0 Å². The monoisotopic (exact) mass is 564 g/mol. The number of hydrogen-bond donors (Lipinski definition) is 0. The second-order valence-electron chi connectivity index (χ2n) is 7.86. The first-order valence-corrected chi connectivity index (χ1v) is 12.3. The molecule has 0 saturated heterocycles. The summed E-state index contributed by atoms with van der Waals surface area (Å²) in [7, 11) is 0. The lowest BCUT2D eigenvalue weighted by Crippen LogP contribution is -2.35. The predicted octanol–water partition coefficient (Wildman–Crippen LogP) is 6.37. The largest absolute Gasteiger partial charge is 0.365 e. The Morgan fingerprint density at radius 1 is 0.970 bits per heavy atom. The summed E-state index contributed by atoms with van der Waals surface area (Å²) in [6.45, 7) is 2.08. The third-order valence-electron chi connectivity index (χ3n) is 5.47. The van der Waals surface area contributed by atoms with Crippen LogP contribution < -0.4 is 4.57 Å². The van der Waals surface area contributed by atoms with E-state index in [4.69, 9.17) is 10.00 Å². The van der Waals surface area contributed by atoms with Gasteiger partial charge in [0.2, 0.25) is 6.33 Å². The molecule has 0 saturated carbocycles. The molecule has 3 aromatic carbocycles. The van der Waals surface area contributed by atoms with E-state index in [2.05, 4.69) is 96.1 Å². The quantitative estimate of drug-likeness (QED) is 0.221. The molecule has 1 unspecified atom stereocenters. The molecule has 0 radical (unpaired) electrons. The lowest BCUT2D eigenvalue weighted by Gasteiger charge is -2.18. The molecule has 166 valence electrons. The van der Waals surface area contributed by atoms with E-state index in [1.54, 1.807) is 0 Å². The van der Waals surface area contributed by atoms with E-state index in [1.165, 1.54) is 5.56 Å². The minimum absolute atomic E-state index is 0.141. The Bertz CT molecular complexity index is 1230. The number of rotatable bonds is 9. The molecule has 4 aromatic rings. The van der Waals surface area contributed by atoms with Crippen molar-refractivity contribution in [2.24, 2.45) is 0 Å². The minimum atomic E-state index is -0.141. The van der Waals surface area contributed by atoms with Gasteiger partial charge in [-0.1, -0.05) is 80.4 Å². The number of nitrogens with zero attached hydrogens (tertiary/aromatic N) is 3. The molecule has 1 heterocycles. The Morgan fingerprint density at radius 3 is 2.48 bits per heavy atom. The average molecular weight is 566 g/mol. The standard InChI is InChI=1S/C27H24Br2N3O/c28-24-10-11-25(26(29)16-24)27(33-19-23-8-6-22(17-30)7-9-23)18-32-15-14-31(20-32)13-12-21-4-2-1-3-5-21/h1-11,14-16,20,27H,12-13,18-19H2/q+1. The summed E-state index contributed by atoms with van der Waals surface area (Å²) < 4.78 is 12.8. The first-order valence-electron chi connectivity index (χ1n) is 10.7. The van der Waals surface area contributed by atoms with Gasteiger partial charge in [-0.3, -0.25) is 0 Å². The molecule has 6 heteroatoms. The second kappa shape index (κ2) is 11.4. The molecule has 1 atom stereocenters. The molecule has 0 aliphatic carbocycles. The molecule has 0 spiro atoms. The number of aryl methyl sites for hydroxylation is 2. The summed E-state index contributed by atoms with van der Waals surface area (Å²) in [5, 5.41) is 9.02. The molecule has 0 N–H and O–H groups in total. The summed E-state index contributed by atoms with van der Waals surface area (Å²) in [4.78, 5) is 0. The molecule has 1 aromatic heterocycles. The van der Waals surface area contributed by atoms with Gasteiger partial charge >= 0.3 is 0 Å². The summed E-state index contributed by atoms with van der Waals surface area (Å²) in [6.07, 6.45) is 7.19. The van der Waals surface area contributed by atoms with Crippen molar-refractivity contribution in [3.63, 3.8) is 0 Å². The van der Waals surface area contributed by atoms with Crippen LogP contribution in [-0.2, 0) is 30.9 Å². The van der Waals surface area contributed by atoms with Gasteiger partial charge in [-0.05, 0) is 41.0 Å². The van der Waals surface area contributed by atoms with Crippen molar-refractivity contribution in [2.75, 3.05) is 0 Å². The van der Waals surface area contributed by atoms with Crippen molar-refractivity contribution < 1.29 is 9.30 Å². The van der Waals surface area contributed by atoms with Gasteiger partial charge in [-0.15, -0.1) is 0 Å². The first kappa shape index (κ1) is 23.4. The van der Waals surface area contributed by atoms with Crippen molar-refractivity contribution in [3.8, 4) is 6.07 Å². The maximum absolute atomic E-state index is 9.02. The fourth-order valence-electron chi connectivity index (χ4n) is 3.65. The zero-order chi connectivity index (χ0) is 23.0. The van der Waals surface area contributed by atoms with Crippen LogP contribution in [0.15, 0.2) is 100 Å². The van der Waals surface area contributed by atoms with Gasteiger partial charge in [0, 0.05) is 15.4 Å². The van der Waals surface area contributed by atoms with Gasteiger partial charge < -0.3 is 4.74 Å². The number of aromatic nitrogens is 2. The summed E-state index contributed by atoms with van der Waals surface area (Å²) >= 11 is 7.24. The predicted molar refractivity (Wildman–Crippen MR) is 135 cm³/mol. The Kier molecular flexibility index (Phi) is 8.11. The van der Waals surface area contributed by atoms with Crippen LogP contribution in [0, 0.1) is 11.3 Å². The average Bonchev–Trinajstić information content (AvgIpc) is 3.29. The SMILES string of the molecule is N#Cc1ccc(COC(C[n+]2ccn(CCc3ccccc3)c2)c2ccc(Br)cc2Br)cc1. The van der Waals surface area contributed by atoms with Crippen LogP contribution in [0.1, 0.15) is 28.4 Å². The maximum Gasteiger partial charge on any atom is 0.243 e. The molecule has 0 amide bonds. The summed E-state index contributed by atoms with van der Waals surface area (Å²) in [5.41, 5.74) is 4.12. The van der Waals surface area contributed by atoms with Gasteiger partial charge in [0.1, 0.15) is 25.0 Å². The van der Waals surface area contributed by atoms with Gasteiger partial charge in [-0.2, -0.15) is 5.26 Å². The molecule has 4 rings (SSSR count). The molecule has 4 nitrogen and oxygen atoms in total. The van der Waals surface area contributed by atoms with Crippen LogP contribution in [0.25, 0.3) is 0 Å². The van der Waals surface area contributed by atoms with E-state index in [0.29, 0.717) is 18.7 Å². The molecular weight excluding hydrogens is 542 g/mol. The lowest BCUT2D eigenvalue weighted by molar-refractivity contribution is -0.705. The van der Waals surface area contributed by atoms with E-state index >= 15 is 0 Å². The highest BCUT2D eigenvalue weighted by atomic mass is 79.9. The minimum Gasteiger partial charge on any atom is -0.365 e. The number of halogens is 2. The number of nitriles is 1. The Labute approximate surface area is 211 Å². The van der Waals surface area contributed by atoms with Crippen molar-refractivity contribution in [2.45, 2.75) is 32.2 Å². The fourth-order valence-corrected chi connectivity index (χ4v) is 4.95. The molecule has 0 bridgehead atoms. The summed E-state index contributed by atoms with van der Waals surface area (Å²) in [5.74, 6) is 0. The first-order chi connectivity index (χ1) is 16.1. The van der Waals surface area contributed by atoms with E-state index in [1.807, 2.05) is 42.5 Å². The van der Waals surface area contributed by atoms with Gasteiger partial charge in [0.05, 0.1) is 24.8 Å². The summed E-state index contributed by atoms with van der Waals surface area (Å²) in [6, 6.07) is 26.4. The molecule has 0 aliphatic rings. The lowest BCUT2D eigenvalue weighted by atomic mass is 10.1. The Hall–Kier alpha value is -2.72. The molecule has 0 aliphatic heterocycles. The van der Waals surface area contributed by atoms with Gasteiger partial charge in [0.15, 0.2) is 0 Å². The van der Waals surface area contributed by atoms with E-state index in [9.17, 15) is 0 Å². The number of imidazole rings is 1. The van der Waals surface area contributed by atoms with Gasteiger partial charge in [0.25, 0.3) is 0 Å². The van der Waals surface area contributed by atoms with Crippen molar-refractivity contribution in [3.05, 3.63) is 123 Å². The zero-order valence-corrected chi connectivity index (χ0v) is 21.2. The molecule has 33 heavy (non-hydrogen) atoms. The second-order valence-corrected chi connectivity index (χ2v) is 9.63. The third-order valence-corrected chi connectivity index (χ3v) is 6.65. The molecular formula is C27H24Br2N3O+. The highest BCUT2D eigenvalue weighted by Gasteiger charge is 2.20. The van der Waals surface area contributed by atoms with Crippen LogP contribution in [0.2, 0.25) is 0 Å². The number of hydrogen-bond acceptors (Lipinski definition) is 2. The Balaban J connectivity index is 1.47. The maximum atomic E-state index is 9.02. The number of ether oxygens (including phenoxy) is 1. The van der Waals surface area contributed by atoms with Crippen molar-refractivity contribution >= 4 is 31.9 Å². The van der Waals surface area contributed by atoms with Crippen LogP contribution in [0.5, 0.6) is 0 Å². The zero-order valence-electron chi connectivity index (χ0n) is 18.1. The topological polar surface area (TPSA) is 41.8 Å². The van der Waals surface area contributed by atoms with Crippen molar-refractivity contribution in [1.29, 1.82) is 5.26 Å². The van der Waals surface area contributed by atoms with E-state index in [0.717, 1.165) is 33.0 Å². The smallest absolute Gasteiger partial charge is 0.243 e. The van der Waals surface area contributed by atoms with Crippen LogP contribution in [0.4, 0.5) is 0 Å². The van der Waals surface area contributed by atoms with E-state index in [-0.39, 0.29) is 6.10 Å². The van der Waals surface area contributed by atoms with E-state index < -0.39 is 0 Å². The fraction of sp³-hybridized carbons (Fsp3) is 0.185. The number of benzene rings is 3. The highest BCUT2D eigenvalue weighted by Crippen LogP contribution is 2.30. The van der Waals surface area contributed by atoms with Crippen LogP contribution in [-0.4, -0.2) is 4.57 Å². The third kappa shape index (κ3) is 6.64. The Morgan fingerprint density at radius 2 is 1.76 bits per heavy atom. The normalized spacial score (nSPS) is 11.8. The van der Waals surface area contributed by atoms with Gasteiger partial charge in [-0.25, -0.2) is 9.13 Å². The molecule has 0 fully saturated rings.